The molecule has 34 heavy (non-hydrogen) atoms. The average molecular weight is 547 g/mol. The summed E-state index contributed by atoms with van der Waals surface area (Å²) in [6.07, 6.45) is 0.465. The van der Waals surface area contributed by atoms with Gasteiger partial charge in [0.25, 0.3) is 5.91 Å². The highest BCUT2D eigenvalue weighted by Crippen LogP contribution is 2.24. The van der Waals surface area contributed by atoms with E-state index in [1.54, 1.807) is 29.2 Å². The Labute approximate surface area is 208 Å². The van der Waals surface area contributed by atoms with Crippen molar-refractivity contribution < 1.29 is 18.0 Å². The van der Waals surface area contributed by atoms with E-state index < -0.39 is 10.0 Å². The largest absolute Gasteiger partial charge is 0.335 e. The number of benzene rings is 2. The van der Waals surface area contributed by atoms with E-state index in [9.17, 15) is 18.0 Å². The van der Waals surface area contributed by atoms with Crippen LogP contribution in [0.1, 0.15) is 38.2 Å². The molecule has 0 saturated carbocycles. The van der Waals surface area contributed by atoms with E-state index in [-0.39, 0.29) is 55.7 Å². The zero-order chi connectivity index (χ0) is 24.5. The maximum absolute atomic E-state index is 13.1. The number of hydrogen-bond donors (Lipinski definition) is 0. The number of anilines is 1. The van der Waals surface area contributed by atoms with E-state index in [1.165, 1.54) is 9.31 Å². The predicted molar refractivity (Wildman–Crippen MR) is 134 cm³/mol. The first-order valence-corrected chi connectivity index (χ1v) is 13.5. The molecule has 180 valence electrons. The number of sulfonamides is 1. The number of amides is 2. The van der Waals surface area contributed by atoms with Crippen LogP contribution >= 0.6 is 15.9 Å². The SMILES string of the molecule is CC(C)c1ccc(S(=O)(=O)N2CCN(C(=O)C3=NN(c4ccc(Br)cc4)C(=O)CC3)CC2)cc1. The molecule has 0 spiro atoms. The van der Waals surface area contributed by atoms with Crippen LogP contribution in [0.5, 0.6) is 0 Å². The van der Waals surface area contributed by atoms with Gasteiger partial charge in [-0.15, -0.1) is 0 Å². The Balaban J connectivity index is 1.43. The molecule has 1 fully saturated rings. The molecule has 0 bridgehead atoms. The maximum atomic E-state index is 13.1. The summed E-state index contributed by atoms with van der Waals surface area (Å²) in [5, 5.41) is 5.61. The monoisotopic (exact) mass is 546 g/mol. The fraction of sp³-hybridized carbons (Fsp3) is 0.375. The van der Waals surface area contributed by atoms with Gasteiger partial charge >= 0.3 is 0 Å². The average Bonchev–Trinajstić information content (AvgIpc) is 2.84. The van der Waals surface area contributed by atoms with E-state index in [4.69, 9.17) is 0 Å². The first-order valence-electron chi connectivity index (χ1n) is 11.2. The topological polar surface area (TPSA) is 90.4 Å². The fourth-order valence-corrected chi connectivity index (χ4v) is 5.67. The van der Waals surface area contributed by atoms with E-state index in [0.29, 0.717) is 17.3 Å². The van der Waals surface area contributed by atoms with Crippen LogP contribution in [0.3, 0.4) is 0 Å². The third kappa shape index (κ3) is 5.08. The molecule has 2 aromatic carbocycles. The summed E-state index contributed by atoms with van der Waals surface area (Å²) in [4.78, 5) is 27.4. The lowest BCUT2D eigenvalue weighted by molar-refractivity contribution is -0.125. The molecule has 2 heterocycles. The molecule has 1 saturated heterocycles. The number of nitrogens with zero attached hydrogens (tertiary/aromatic N) is 4. The molecule has 0 N–H and O–H groups in total. The number of halogens is 1. The van der Waals surface area contributed by atoms with Crippen molar-refractivity contribution in [1.82, 2.24) is 9.21 Å². The van der Waals surface area contributed by atoms with Gasteiger partial charge in [-0.25, -0.2) is 13.4 Å². The molecule has 2 aliphatic heterocycles. The Morgan fingerprint density at radius 3 is 2.15 bits per heavy atom. The third-order valence-electron chi connectivity index (χ3n) is 6.06. The first kappa shape index (κ1) is 24.6. The van der Waals surface area contributed by atoms with Gasteiger partial charge in [0.05, 0.1) is 10.6 Å². The minimum Gasteiger partial charge on any atom is -0.335 e. The van der Waals surface area contributed by atoms with Crippen LogP contribution in [0.2, 0.25) is 0 Å². The summed E-state index contributed by atoms with van der Waals surface area (Å²) in [6.45, 7) is 5.08. The van der Waals surface area contributed by atoms with Crippen molar-refractivity contribution in [3.8, 4) is 0 Å². The Morgan fingerprint density at radius 1 is 0.941 bits per heavy atom. The number of carbonyl (C=O) groups excluding carboxylic acids is 2. The molecular formula is C24H27BrN4O4S. The van der Waals surface area contributed by atoms with Crippen LogP contribution in [-0.4, -0.2) is 61.3 Å². The Morgan fingerprint density at radius 2 is 1.56 bits per heavy atom. The summed E-state index contributed by atoms with van der Waals surface area (Å²) >= 11 is 3.37. The van der Waals surface area contributed by atoms with Gasteiger partial charge in [0.15, 0.2) is 0 Å². The second kappa shape index (κ2) is 9.97. The molecule has 2 aromatic rings. The van der Waals surface area contributed by atoms with E-state index in [0.717, 1.165) is 10.0 Å². The molecule has 2 amide bonds. The van der Waals surface area contributed by atoms with Gasteiger partial charge in [0, 0.05) is 43.5 Å². The smallest absolute Gasteiger partial charge is 0.270 e. The van der Waals surface area contributed by atoms with Gasteiger partial charge in [-0.05, 0) is 47.9 Å². The van der Waals surface area contributed by atoms with Crippen LogP contribution < -0.4 is 5.01 Å². The standard InChI is InChI=1S/C24H27BrN4O4S/c1-17(2)18-3-9-21(10-4-18)34(32,33)28-15-13-27(14-16-28)24(31)22-11-12-23(30)29(26-22)20-7-5-19(25)6-8-20/h3-10,17H,11-16H2,1-2H3. The van der Waals surface area contributed by atoms with Gasteiger partial charge in [0.1, 0.15) is 5.71 Å². The molecule has 10 heteroatoms. The van der Waals surface area contributed by atoms with Crippen LogP contribution in [0.15, 0.2) is 63.0 Å². The molecule has 8 nitrogen and oxygen atoms in total. The molecule has 0 aliphatic carbocycles. The molecular weight excluding hydrogens is 520 g/mol. The molecule has 0 atom stereocenters. The third-order valence-corrected chi connectivity index (χ3v) is 8.50. The summed E-state index contributed by atoms with van der Waals surface area (Å²) in [5.41, 5.74) is 1.99. The lowest BCUT2D eigenvalue weighted by Gasteiger charge is -2.35. The Bertz CT molecular complexity index is 1200. The second-order valence-electron chi connectivity index (χ2n) is 8.65. The summed E-state index contributed by atoms with van der Waals surface area (Å²) in [5.74, 6) is -0.102. The van der Waals surface area contributed by atoms with Crippen LogP contribution in [0, 0.1) is 0 Å². The zero-order valence-electron chi connectivity index (χ0n) is 19.1. The molecule has 0 unspecified atom stereocenters. The van der Waals surface area contributed by atoms with Crippen molar-refractivity contribution in [3.05, 3.63) is 58.6 Å². The van der Waals surface area contributed by atoms with Crippen LogP contribution in [0.4, 0.5) is 5.69 Å². The predicted octanol–water partition coefficient (Wildman–Crippen LogP) is 3.59. The lowest BCUT2D eigenvalue weighted by atomic mass is 10.0. The highest BCUT2D eigenvalue weighted by atomic mass is 79.9. The van der Waals surface area contributed by atoms with Crippen molar-refractivity contribution >= 4 is 49.2 Å². The lowest BCUT2D eigenvalue weighted by Crippen LogP contribution is -2.52. The van der Waals surface area contributed by atoms with Crippen molar-refractivity contribution in [2.45, 2.75) is 37.5 Å². The number of carbonyl (C=O) groups is 2. The van der Waals surface area contributed by atoms with Crippen molar-refractivity contribution in [1.29, 1.82) is 0 Å². The second-order valence-corrected chi connectivity index (χ2v) is 11.5. The van der Waals surface area contributed by atoms with Crippen molar-refractivity contribution in [2.75, 3.05) is 31.2 Å². The van der Waals surface area contributed by atoms with Crippen LogP contribution in [0.25, 0.3) is 0 Å². The minimum absolute atomic E-state index is 0.168. The number of hydrogen-bond acceptors (Lipinski definition) is 5. The van der Waals surface area contributed by atoms with Crippen molar-refractivity contribution in [2.24, 2.45) is 5.10 Å². The summed E-state index contributed by atoms with van der Waals surface area (Å²) in [7, 11) is -3.63. The minimum atomic E-state index is -3.63. The van der Waals surface area contributed by atoms with E-state index in [1.807, 2.05) is 24.3 Å². The molecule has 2 aliphatic rings. The Hall–Kier alpha value is -2.56. The summed E-state index contributed by atoms with van der Waals surface area (Å²) in [6, 6.07) is 14.1. The summed E-state index contributed by atoms with van der Waals surface area (Å²) < 4.78 is 28.4. The van der Waals surface area contributed by atoms with Crippen molar-refractivity contribution in [3.63, 3.8) is 0 Å². The van der Waals surface area contributed by atoms with E-state index >= 15 is 0 Å². The number of piperazine rings is 1. The van der Waals surface area contributed by atoms with Crippen LogP contribution in [-0.2, 0) is 19.6 Å². The fourth-order valence-electron chi connectivity index (χ4n) is 3.98. The molecule has 0 aromatic heterocycles. The number of rotatable bonds is 5. The van der Waals surface area contributed by atoms with Gasteiger partial charge in [0.2, 0.25) is 15.9 Å². The molecule has 4 rings (SSSR count). The van der Waals surface area contributed by atoms with Gasteiger partial charge in [-0.2, -0.15) is 9.41 Å². The van der Waals surface area contributed by atoms with Gasteiger partial charge in [-0.3, -0.25) is 9.59 Å². The molecule has 0 radical (unpaired) electrons. The van der Waals surface area contributed by atoms with Gasteiger partial charge < -0.3 is 4.90 Å². The Kier molecular flexibility index (Phi) is 7.20. The first-order chi connectivity index (χ1) is 16.2. The highest BCUT2D eigenvalue weighted by molar-refractivity contribution is 9.10. The van der Waals surface area contributed by atoms with Gasteiger partial charge in [-0.1, -0.05) is 41.9 Å². The quantitative estimate of drug-likeness (QED) is 0.573. The van der Waals surface area contributed by atoms with E-state index in [2.05, 4.69) is 34.9 Å². The normalized spacial score (nSPS) is 17.8. The number of hydrazone groups is 1. The zero-order valence-corrected chi connectivity index (χ0v) is 21.5. The highest BCUT2D eigenvalue weighted by Gasteiger charge is 2.33. The maximum Gasteiger partial charge on any atom is 0.270 e.